The van der Waals surface area contributed by atoms with Gasteiger partial charge in [-0.25, -0.2) is 9.97 Å². The molecule has 0 saturated carbocycles. The van der Waals surface area contributed by atoms with Crippen molar-refractivity contribution in [2.45, 2.75) is 0 Å². The van der Waals surface area contributed by atoms with Crippen molar-refractivity contribution in [1.82, 2.24) is 15.0 Å². The molecule has 2 heterocycles. The quantitative estimate of drug-likeness (QED) is 0.812. The normalized spacial score (nSPS) is 9.65. The summed E-state index contributed by atoms with van der Waals surface area (Å²) in [6, 6.07) is 3.61. The Morgan fingerprint density at radius 1 is 1.24 bits per heavy atom. The van der Waals surface area contributed by atoms with Crippen LogP contribution in [0.4, 0.5) is 17.3 Å². The van der Waals surface area contributed by atoms with Crippen molar-refractivity contribution >= 4 is 30.1 Å². The fraction of sp³-hybridized carbons (Fsp3) is 0. The standard InChI is InChI=1S/C12H11N5/c1-3-9-10(13-2)4-5-11(16-9)17-12-8-14-6-7-15-12/h3-8H,1-2H2,(H,15,16,17). The van der Waals surface area contributed by atoms with Crippen molar-refractivity contribution in [1.29, 1.82) is 0 Å². The van der Waals surface area contributed by atoms with E-state index in [4.69, 9.17) is 0 Å². The summed E-state index contributed by atoms with van der Waals surface area (Å²) in [7, 11) is 0. The zero-order valence-corrected chi connectivity index (χ0v) is 9.17. The molecule has 0 saturated heterocycles. The van der Waals surface area contributed by atoms with Gasteiger partial charge in [0, 0.05) is 12.4 Å². The fourth-order valence-electron chi connectivity index (χ4n) is 1.32. The van der Waals surface area contributed by atoms with Gasteiger partial charge in [0.1, 0.15) is 11.6 Å². The molecule has 2 aromatic heterocycles. The van der Waals surface area contributed by atoms with Gasteiger partial charge >= 0.3 is 0 Å². The van der Waals surface area contributed by atoms with Gasteiger partial charge in [-0.1, -0.05) is 6.58 Å². The maximum atomic E-state index is 4.33. The van der Waals surface area contributed by atoms with Crippen molar-refractivity contribution in [3.8, 4) is 0 Å². The van der Waals surface area contributed by atoms with E-state index in [-0.39, 0.29) is 0 Å². The largest absolute Gasteiger partial charge is 0.324 e. The van der Waals surface area contributed by atoms with Crippen molar-refractivity contribution < 1.29 is 0 Å². The molecule has 5 heteroatoms. The molecule has 2 rings (SSSR count). The molecule has 0 bridgehead atoms. The third-order valence-corrected chi connectivity index (χ3v) is 2.09. The Hall–Kier alpha value is -2.56. The van der Waals surface area contributed by atoms with Gasteiger partial charge in [-0.15, -0.1) is 0 Å². The molecule has 84 valence electrons. The van der Waals surface area contributed by atoms with Gasteiger partial charge in [0.05, 0.1) is 17.6 Å². The molecule has 0 radical (unpaired) electrons. The molecule has 0 fully saturated rings. The first-order chi connectivity index (χ1) is 8.33. The van der Waals surface area contributed by atoms with Crippen LogP contribution in [0.3, 0.4) is 0 Å². The predicted octanol–water partition coefficient (Wildman–Crippen LogP) is 2.59. The van der Waals surface area contributed by atoms with Crippen LogP contribution < -0.4 is 5.32 Å². The fourth-order valence-corrected chi connectivity index (χ4v) is 1.32. The van der Waals surface area contributed by atoms with Crippen LogP contribution in [0.2, 0.25) is 0 Å². The summed E-state index contributed by atoms with van der Waals surface area (Å²) in [5, 5.41) is 3.04. The number of pyridine rings is 1. The van der Waals surface area contributed by atoms with Gasteiger partial charge < -0.3 is 5.32 Å². The number of hydrogen-bond acceptors (Lipinski definition) is 5. The Morgan fingerprint density at radius 2 is 2.12 bits per heavy atom. The van der Waals surface area contributed by atoms with Gasteiger partial charge in [-0.05, 0) is 24.9 Å². The number of aliphatic imine (C=N–C) groups is 1. The van der Waals surface area contributed by atoms with Crippen LogP contribution in [0.25, 0.3) is 6.08 Å². The van der Waals surface area contributed by atoms with Crippen LogP contribution in [-0.2, 0) is 0 Å². The molecule has 0 aromatic carbocycles. The highest BCUT2D eigenvalue weighted by atomic mass is 15.1. The Balaban J connectivity index is 2.28. The van der Waals surface area contributed by atoms with Crippen LogP contribution >= 0.6 is 0 Å². The molecule has 0 amide bonds. The van der Waals surface area contributed by atoms with E-state index in [0.29, 0.717) is 23.0 Å². The first-order valence-corrected chi connectivity index (χ1v) is 4.96. The third kappa shape index (κ3) is 2.52. The summed E-state index contributed by atoms with van der Waals surface area (Å²) in [5.74, 6) is 1.29. The Kier molecular flexibility index (Phi) is 3.20. The second kappa shape index (κ2) is 4.98. The lowest BCUT2D eigenvalue weighted by molar-refractivity contribution is 1.18. The minimum Gasteiger partial charge on any atom is -0.324 e. The Labute approximate surface area is 99.0 Å². The molecule has 0 aliphatic carbocycles. The molecule has 0 unspecified atom stereocenters. The molecule has 1 N–H and O–H groups in total. The average Bonchev–Trinajstić information content (AvgIpc) is 2.40. The van der Waals surface area contributed by atoms with Crippen molar-refractivity contribution in [3.63, 3.8) is 0 Å². The zero-order chi connectivity index (χ0) is 12.1. The lowest BCUT2D eigenvalue weighted by Crippen LogP contribution is -1.97. The number of nitrogens with zero attached hydrogens (tertiary/aromatic N) is 4. The summed E-state index contributed by atoms with van der Waals surface area (Å²) in [6.45, 7) is 7.15. The van der Waals surface area contributed by atoms with E-state index in [1.54, 1.807) is 30.7 Å². The van der Waals surface area contributed by atoms with Crippen LogP contribution in [0.15, 0.2) is 42.3 Å². The highest BCUT2D eigenvalue weighted by molar-refractivity contribution is 5.65. The van der Waals surface area contributed by atoms with E-state index in [0.717, 1.165) is 0 Å². The molecule has 0 atom stereocenters. The number of hydrogen-bond donors (Lipinski definition) is 1. The number of aromatic nitrogens is 3. The first kappa shape index (κ1) is 10.9. The second-order valence-electron chi connectivity index (χ2n) is 3.18. The summed E-state index contributed by atoms with van der Waals surface area (Å²) in [4.78, 5) is 16.2. The van der Waals surface area contributed by atoms with E-state index in [1.807, 2.05) is 6.07 Å². The molecule has 5 nitrogen and oxygen atoms in total. The third-order valence-electron chi connectivity index (χ3n) is 2.09. The minimum absolute atomic E-state index is 0.634. The SMILES string of the molecule is C=Cc1nc(Nc2cnccn2)ccc1N=C. The monoisotopic (exact) mass is 225 g/mol. The molecule has 0 aliphatic rings. The Bertz CT molecular complexity index is 536. The minimum atomic E-state index is 0.634. The maximum absolute atomic E-state index is 4.33. The maximum Gasteiger partial charge on any atom is 0.150 e. The highest BCUT2D eigenvalue weighted by Gasteiger charge is 2.02. The summed E-state index contributed by atoms with van der Waals surface area (Å²) in [6.07, 6.45) is 6.47. The van der Waals surface area contributed by atoms with E-state index in [2.05, 4.69) is 38.6 Å². The second-order valence-corrected chi connectivity index (χ2v) is 3.18. The molecular weight excluding hydrogens is 214 g/mol. The van der Waals surface area contributed by atoms with Crippen molar-refractivity contribution in [2.24, 2.45) is 4.99 Å². The van der Waals surface area contributed by atoms with E-state index < -0.39 is 0 Å². The predicted molar refractivity (Wildman–Crippen MR) is 68.9 cm³/mol. The van der Waals surface area contributed by atoms with Crippen LogP contribution in [0.5, 0.6) is 0 Å². The Morgan fingerprint density at radius 3 is 2.76 bits per heavy atom. The van der Waals surface area contributed by atoms with Gasteiger partial charge in [0.15, 0.2) is 0 Å². The van der Waals surface area contributed by atoms with E-state index in [9.17, 15) is 0 Å². The van der Waals surface area contributed by atoms with E-state index in [1.165, 1.54) is 0 Å². The summed E-state index contributed by atoms with van der Waals surface area (Å²) >= 11 is 0. The smallest absolute Gasteiger partial charge is 0.150 e. The molecule has 17 heavy (non-hydrogen) atoms. The summed E-state index contributed by atoms with van der Waals surface area (Å²) < 4.78 is 0. The number of nitrogens with one attached hydrogen (secondary N) is 1. The van der Waals surface area contributed by atoms with Crippen molar-refractivity contribution in [2.75, 3.05) is 5.32 Å². The molecule has 2 aromatic rings. The topological polar surface area (TPSA) is 63.1 Å². The van der Waals surface area contributed by atoms with Gasteiger partial charge in [0.25, 0.3) is 0 Å². The average molecular weight is 225 g/mol. The molecular formula is C12H11N5. The van der Waals surface area contributed by atoms with Crippen LogP contribution in [-0.4, -0.2) is 21.7 Å². The van der Waals surface area contributed by atoms with Crippen molar-refractivity contribution in [3.05, 3.63) is 43.0 Å². The highest BCUT2D eigenvalue weighted by Crippen LogP contribution is 2.21. The van der Waals surface area contributed by atoms with Gasteiger partial charge in [-0.2, -0.15) is 0 Å². The lowest BCUT2D eigenvalue weighted by atomic mass is 10.3. The van der Waals surface area contributed by atoms with Gasteiger partial charge in [0.2, 0.25) is 0 Å². The lowest BCUT2D eigenvalue weighted by Gasteiger charge is -2.06. The van der Waals surface area contributed by atoms with Gasteiger partial charge in [-0.3, -0.25) is 9.98 Å². The molecule has 0 aliphatic heterocycles. The zero-order valence-electron chi connectivity index (χ0n) is 9.17. The number of anilines is 2. The van der Waals surface area contributed by atoms with Crippen LogP contribution in [0.1, 0.15) is 5.69 Å². The van der Waals surface area contributed by atoms with Crippen LogP contribution in [0, 0.1) is 0 Å². The molecule has 0 spiro atoms. The summed E-state index contributed by atoms with van der Waals surface area (Å²) in [5.41, 5.74) is 1.37. The first-order valence-electron chi connectivity index (χ1n) is 4.96. The van der Waals surface area contributed by atoms with E-state index >= 15 is 0 Å². The number of rotatable bonds is 4.